The van der Waals surface area contributed by atoms with Crippen LogP contribution in [-0.2, 0) is 6.42 Å². The molecule has 0 radical (unpaired) electrons. The summed E-state index contributed by atoms with van der Waals surface area (Å²) < 4.78 is 0. The second kappa shape index (κ2) is 4.66. The van der Waals surface area contributed by atoms with Gasteiger partial charge in [-0.3, -0.25) is 0 Å². The molecule has 2 aromatic rings. The van der Waals surface area contributed by atoms with Crippen LogP contribution in [0.4, 0.5) is 5.69 Å². The first-order valence-electron chi connectivity index (χ1n) is 7.39. The number of nitrogens with one attached hydrogen (secondary N) is 1. The Labute approximate surface area is 122 Å². The molecule has 0 heterocycles. The second-order valence-electron chi connectivity index (χ2n) is 6.76. The molecular formula is C19H23N. The topological polar surface area (TPSA) is 12.0 Å². The molecule has 1 N–H and O–H groups in total. The fourth-order valence-corrected chi connectivity index (χ4v) is 3.31. The molecule has 20 heavy (non-hydrogen) atoms. The second-order valence-corrected chi connectivity index (χ2v) is 6.76. The summed E-state index contributed by atoms with van der Waals surface area (Å²) in [6.07, 6.45) is 1.14. The highest BCUT2D eigenvalue weighted by Gasteiger charge is 2.38. The van der Waals surface area contributed by atoms with Crippen LogP contribution in [0.2, 0.25) is 0 Å². The van der Waals surface area contributed by atoms with Crippen LogP contribution < -0.4 is 5.32 Å². The van der Waals surface area contributed by atoms with E-state index in [4.69, 9.17) is 0 Å². The van der Waals surface area contributed by atoms with Crippen molar-refractivity contribution >= 4 is 5.69 Å². The maximum absolute atomic E-state index is 3.80. The van der Waals surface area contributed by atoms with Gasteiger partial charge in [0, 0.05) is 5.69 Å². The summed E-state index contributed by atoms with van der Waals surface area (Å²) >= 11 is 0. The van der Waals surface area contributed by atoms with E-state index in [1.807, 2.05) is 0 Å². The van der Waals surface area contributed by atoms with Crippen LogP contribution in [0.5, 0.6) is 0 Å². The highest BCUT2D eigenvalue weighted by molar-refractivity contribution is 5.56. The van der Waals surface area contributed by atoms with Gasteiger partial charge in [-0.2, -0.15) is 0 Å². The lowest BCUT2D eigenvalue weighted by Gasteiger charge is -2.30. The Morgan fingerprint density at radius 3 is 2.60 bits per heavy atom. The predicted octanol–water partition coefficient (Wildman–Crippen LogP) is 5.04. The molecule has 3 rings (SSSR count). The van der Waals surface area contributed by atoms with Crippen molar-refractivity contribution < 1.29 is 0 Å². The Morgan fingerprint density at radius 2 is 1.80 bits per heavy atom. The van der Waals surface area contributed by atoms with E-state index in [2.05, 4.69) is 75.5 Å². The van der Waals surface area contributed by atoms with Crippen LogP contribution in [-0.4, -0.2) is 0 Å². The molecule has 0 spiro atoms. The molecule has 0 amide bonds. The van der Waals surface area contributed by atoms with Crippen molar-refractivity contribution in [3.63, 3.8) is 0 Å². The summed E-state index contributed by atoms with van der Waals surface area (Å²) in [6, 6.07) is 15.9. The summed E-state index contributed by atoms with van der Waals surface area (Å²) in [6.45, 7) is 9.04. The highest BCUT2D eigenvalue weighted by atomic mass is 14.9. The van der Waals surface area contributed by atoms with Gasteiger partial charge < -0.3 is 5.32 Å². The molecule has 0 saturated carbocycles. The molecule has 0 bridgehead atoms. The molecule has 0 fully saturated rings. The summed E-state index contributed by atoms with van der Waals surface area (Å²) in [7, 11) is 0. The quantitative estimate of drug-likeness (QED) is 0.802. The molecule has 1 unspecified atom stereocenters. The third kappa shape index (κ3) is 2.22. The molecule has 1 aliphatic carbocycles. The average molecular weight is 265 g/mol. The normalized spacial score (nSPS) is 19.7. The number of benzene rings is 2. The van der Waals surface area contributed by atoms with E-state index < -0.39 is 0 Å². The van der Waals surface area contributed by atoms with E-state index in [0.717, 1.165) is 6.42 Å². The summed E-state index contributed by atoms with van der Waals surface area (Å²) in [5, 5.41) is 3.80. The molecule has 0 saturated heterocycles. The maximum Gasteiger partial charge on any atom is 0.0570 e. The fraction of sp³-hybridized carbons (Fsp3) is 0.368. The van der Waals surface area contributed by atoms with E-state index in [1.54, 1.807) is 0 Å². The standard InChI is InChI=1S/C19H23N/c1-13-9-10-14(2)17(11-13)20-18-16-8-6-5-7-15(16)12-19(18,3)4/h5-11,18,20H,12H2,1-4H3. The SMILES string of the molecule is Cc1ccc(C)c(NC2c3ccccc3CC2(C)C)c1. The lowest BCUT2D eigenvalue weighted by atomic mass is 9.85. The predicted molar refractivity (Wildman–Crippen MR) is 86.2 cm³/mol. The van der Waals surface area contributed by atoms with E-state index in [-0.39, 0.29) is 5.41 Å². The van der Waals surface area contributed by atoms with Gasteiger partial charge in [-0.25, -0.2) is 0 Å². The number of anilines is 1. The Balaban J connectivity index is 1.99. The Kier molecular flexibility index (Phi) is 3.08. The van der Waals surface area contributed by atoms with Crippen LogP contribution in [0.15, 0.2) is 42.5 Å². The Morgan fingerprint density at radius 1 is 1.05 bits per heavy atom. The molecule has 2 aromatic carbocycles. The first-order valence-corrected chi connectivity index (χ1v) is 7.39. The van der Waals surface area contributed by atoms with Crippen molar-refractivity contribution in [2.75, 3.05) is 5.32 Å². The van der Waals surface area contributed by atoms with Gasteiger partial charge in [0.1, 0.15) is 0 Å². The fourth-order valence-electron chi connectivity index (χ4n) is 3.31. The number of aryl methyl sites for hydroxylation is 2. The van der Waals surface area contributed by atoms with Crippen LogP contribution in [0.25, 0.3) is 0 Å². The zero-order chi connectivity index (χ0) is 14.3. The summed E-state index contributed by atoms with van der Waals surface area (Å²) in [5.74, 6) is 0. The van der Waals surface area contributed by atoms with Crippen molar-refractivity contribution in [2.45, 2.75) is 40.2 Å². The van der Waals surface area contributed by atoms with Crippen LogP contribution in [0.1, 0.15) is 42.1 Å². The molecule has 1 nitrogen and oxygen atoms in total. The number of hydrogen-bond donors (Lipinski definition) is 1. The van der Waals surface area contributed by atoms with E-state index in [1.165, 1.54) is 27.9 Å². The average Bonchev–Trinajstić information content (AvgIpc) is 2.65. The van der Waals surface area contributed by atoms with Crippen molar-refractivity contribution in [3.8, 4) is 0 Å². The highest BCUT2D eigenvalue weighted by Crippen LogP contribution is 2.47. The molecule has 1 aliphatic rings. The Hall–Kier alpha value is -1.76. The minimum Gasteiger partial charge on any atom is -0.377 e. The molecule has 104 valence electrons. The van der Waals surface area contributed by atoms with Crippen LogP contribution in [0, 0.1) is 19.3 Å². The van der Waals surface area contributed by atoms with Gasteiger partial charge in [-0.15, -0.1) is 0 Å². The first-order chi connectivity index (χ1) is 9.47. The Bertz CT molecular complexity index is 640. The number of rotatable bonds is 2. The first kappa shape index (κ1) is 13.2. The van der Waals surface area contributed by atoms with Gasteiger partial charge in [0.05, 0.1) is 6.04 Å². The summed E-state index contributed by atoms with van der Waals surface area (Å²) in [4.78, 5) is 0. The third-order valence-electron chi connectivity index (χ3n) is 4.49. The molecule has 1 heteroatoms. The third-order valence-corrected chi connectivity index (χ3v) is 4.49. The van der Waals surface area contributed by atoms with Crippen molar-refractivity contribution in [3.05, 3.63) is 64.7 Å². The minimum absolute atomic E-state index is 0.250. The smallest absolute Gasteiger partial charge is 0.0570 e. The number of fused-ring (bicyclic) bond motifs is 1. The monoisotopic (exact) mass is 265 g/mol. The van der Waals surface area contributed by atoms with Crippen molar-refractivity contribution in [1.82, 2.24) is 0 Å². The molecular weight excluding hydrogens is 242 g/mol. The van der Waals surface area contributed by atoms with E-state index in [9.17, 15) is 0 Å². The van der Waals surface area contributed by atoms with Crippen LogP contribution >= 0.6 is 0 Å². The van der Waals surface area contributed by atoms with E-state index in [0.29, 0.717) is 6.04 Å². The van der Waals surface area contributed by atoms with Crippen molar-refractivity contribution in [2.24, 2.45) is 5.41 Å². The van der Waals surface area contributed by atoms with Gasteiger partial charge in [0.25, 0.3) is 0 Å². The van der Waals surface area contributed by atoms with Gasteiger partial charge in [-0.05, 0) is 54.0 Å². The van der Waals surface area contributed by atoms with Gasteiger partial charge in [0.15, 0.2) is 0 Å². The van der Waals surface area contributed by atoms with Gasteiger partial charge in [0.2, 0.25) is 0 Å². The lowest BCUT2D eigenvalue weighted by molar-refractivity contribution is 0.337. The van der Waals surface area contributed by atoms with Gasteiger partial charge in [-0.1, -0.05) is 50.2 Å². The van der Waals surface area contributed by atoms with Gasteiger partial charge >= 0.3 is 0 Å². The molecule has 1 atom stereocenters. The zero-order valence-electron chi connectivity index (χ0n) is 12.8. The summed E-state index contributed by atoms with van der Waals surface area (Å²) in [5.41, 5.74) is 7.08. The maximum atomic E-state index is 3.80. The molecule has 0 aliphatic heterocycles. The minimum atomic E-state index is 0.250. The lowest BCUT2D eigenvalue weighted by Crippen LogP contribution is -2.24. The van der Waals surface area contributed by atoms with E-state index >= 15 is 0 Å². The number of hydrogen-bond acceptors (Lipinski definition) is 1. The molecule has 0 aromatic heterocycles. The van der Waals surface area contributed by atoms with Crippen molar-refractivity contribution in [1.29, 1.82) is 0 Å². The zero-order valence-corrected chi connectivity index (χ0v) is 12.8. The largest absolute Gasteiger partial charge is 0.377 e. The van der Waals surface area contributed by atoms with Crippen LogP contribution in [0.3, 0.4) is 0 Å².